The second kappa shape index (κ2) is 10.6. The first-order valence-corrected chi connectivity index (χ1v) is 10.2. The molecule has 162 valence electrons. The number of urea groups is 1. The van der Waals surface area contributed by atoms with Crippen LogP contribution in [0.5, 0.6) is 0 Å². The molecule has 1 atom stereocenters. The number of alkyl halides is 3. The zero-order valence-corrected chi connectivity index (χ0v) is 18.6. The number of hydrogen-bond donors (Lipinski definition) is 2. The van der Waals surface area contributed by atoms with Gasteiger partial charge in [0.2, 0.25) is 0 Å². The Hall–Kier alpha value is -1.60. The highest BCUT2D eigenvalue weighted by atomic mass is 35.5. The Kier molecular flexibility index (Phi) is 8.73. The molecule has 0 bridgehead atoms. The molecular formula is C20H17Cl4F3N2O. The summed E-state index contributed by atoms with van der Waals surface area (Å²) < 4.78 is 40.8. The van der Waals surface area contributed by atoms with Crippen LogP contribution >= 0.6 is 46.4 Å². The molecule has 2 N–H and O–H groups in total. The highest BCUT2D eigenvalue weighted by molar-refractivity contribution is 6.48. The molecule has 0 aliphatic carbocycles. The van der Waals surface area contributed by atoms with E-state index in [1.807, 2.05) is 0 Å². The molecule has 2 aromatic rings. The van der Waals surface area contributed by atoms with Gasteiger partial charge in [-0.1, -0.05) is 70.7 Å². The molecule has 2 aromatic carbocycles. The first-order chi connectivity index (χ1) is 14.0. The standard InChI is InChI=1S/C20H17Cl4F3N2O/c1-2-28-19(30)29-10-12-5-3-11(7-15(12)21)4-6-14(20(25,26)27)13-8-16(22)18(24)17(23)9-13/h3-9,14H,2,10H2,1H3,(H2,28,29,30)/b6-4+. The Morgan fingerprint density at radius 2 is 1.67 bits per heavy atom. The van der Waals surface area contributed by atoms with Crippen molar-refractivity contribution in [3.05, 3.63) is 73.2 Å². The molecule has 0 fully saturated rings. The van der Waals surface area contributed by atoms with Crippen molar-refractivity contribution < 1.29 is 18.0 Å². The summed E-state index contributed by atoms with van der Waals surface area (Å²) in [5.41, 5.74) is 0.956. The summed E-state index contributed by atoms with van der Waals surface area (Å²) in [6, 6.07) is 6.69. The van der Waals surface area contributed by atoms with Gasteiger partial charge in [0, 0.05) is 18.1 Å². The Balaban J connectivity index is 2.24. The zero-order valence-electron chi connectivity index (χ0n) is 15.6. The SMILES string of the molecule is CCNC(=O)NCc1ccc(/C=C/C(c2cc(Cl)c(Cl)c(Cl)c2)C(F)(F)F)cc1Cl. The van der Waals surface area contributed by atoms with Gasteiger partial charge >= 0.3 is 12.2 Å². The minimum atomic E-state index is -4.57. The topological polar surface area (TPSA) is 41.1 Å². The number of hydrogen-bond acceptors (Lipinski definition) is 1. The van der Waals surface area contributed by atoms with Crippen LogP contribution in [0.1, 0.15) is 29.5 Å². The molecule has 0 heterocycles. The van der Waals surface area contributed by atoms with Crippen molar-refractivity contribution >= 4 is 58.5 Å². The summed E-state index contributed by atoms with van der Waals surface area (Å²) in [6.07, 6.45) is -2.27. The van der Waals surface area contributed by atoms with E-state index < -0.39 is 12.1 Å². The van der Waals surface area contributed by atoms with Crippen molar-refractivity contribution in [1.82, 2.24) is 10.6 Å². The van der Waals surface area contributed by atoms with Gasteiger partial charge in [-0.25, -0.2) is 4.79 Å². The smallest absolute Gasteiger partial charge is 0.338 e. The Morgan fingerprint density at radius 3 is 2.20 bits per heavy atom. The van der Waals surface area contributed by atoms with Gasteiger partial charge in [0.15, 0.2) is 0 Å². The summed E-state index contributed by atoms with van der Waals surface area (Å²) >= 11 is 23.8. The quantitative estimate of drug-likeness (QED) is 0.397. The van der Waals surface area contributed by atoms with Crippen LogP contribution in [0.2, 0.25) is 20.1 Å². The highest BCUT2D eigenvalue weighted by Gasteiger charge is 2.39. The van der Waals surface area contributed by atoms with Gasteiger partial charge in [0.25, 0.3) is 0 Å². The number of nitrogens with one attached hydrogen (secondary N) is 2. The van der Waals surface area contributed by atoms with Crippen LogP contribution in [0.15, 0.2) is 36.4 Å². The Bertz CT molecular complexity index is 925. The Morgan fingerprint density at radius 1 is 1.03 bits per heavy atom. The zero-order chi connectivity index (χ0) is 22.5. The first kappa shape index (κ1) is 24.7. The van der Waals surface area contributed by atoms with Gasteiger partial charge in [0.1, 0.15) is 0 Å². The molecule has 3 nitrogen and oxygen atoms in total. The Labute approximate surface area is 192 Å². The lowest BCUT2D eigenvalue weighted by molar-refractivity contribution is -0.139. The van der Waals surface area contributed by atoms with Crippen LogP contribution in [0, 0.1) is 0 Å². The van der Waals surface area contributed by atoms with Crippen LogP contribution in [-0.2, 0) is 6.54 Å². The molecule has 0 radical (unpaired) electrons. The normalized spacial score (nSPS) is 12.8. The van der Waals surface area contributed by atoms with Crippen LogP contribution in [-0.4, -0.2) is 18.8 Å². The number of allylic oxidation sites excluding steroid dienone is 1. The number of carbonyl (C=O) groups is 1. The van der Waals surface area contributed by atoms with Crippen LogP contribution < -0.4 is 10.6 Å². The third kappa shape index (κ3) is 6.71. The average Bonchev–Trinajstić information content (AvgIpc) is 2.64. The fourth-order valence-corrected chi connectivity index (χ4v) is 3.45. The number of carbonyl (C=O) groups excluding carboxylic acids is 1. The van der Waals surface area contributed by atoms with E-state index in [2.05, 4.69) is 10.6 Å². The van der Waals surface area contributed by atoms with Gasteiger partial charge in [-0.15, -0.1) is 0 Å². The molecule has 30 heavy (non-hydrogen) atoms. The molecule has 0 aliphatic rings. The van der Waals surface area contributed by atoms with Gasteiger partial charge < -0.3 is 10.6 Å². The largest absolute Gasteiger partial charge is 0.399 e. The predicted molar refractivity (Wildman–Crippen MR) is 117 cm³/mol. The third-order valence-electron chi connectivity index (χ3n) is 4.05. The van der Waals surface area contributed by atoms with Crippen molar-refractivity contribution in [1.29, 1.82) is 0 Å². The number of halogens is 7. The molecule has 2 rings (SSSR count). The minimum absolute atomic E-state index is 0.00409. The number of rotatable bonds is 6. The van der Waals surface area contributed by atoms with Crippen molar-refractivity contribution in [3.63, 3.8) is 0 Å². The highest BCUT2D eigenvalue weighted by Crippen LogP contribution is 2.41. The van der Waals surface area contributed by atoms with Gasteiger partial charge in [-0.2, -0.15) is 13.2 Å². The van der Waals surface area contributed by atoms with E-state index in [1.165, 1.54) is 12.1 Å². The van der Waals surface area contributed by atoms with Crippen LogP contribution in [0.25, 0.3) is 6.08 Å². The van der Waals surface area contributed by atoms with Crippen molar-refractivity contribution in [2.45, 2.75) is 25.6 Å². The lowest BCUT2D eigenvalue weighted by Gasteiger charge is -2.18. The van der Waals surface area contributed by atoms with Crippen LogP contribution in [0.3, 0.4) is 0 Å². The summed E-state index contributed by atoms with van der Waals surface area (Å²) in [5, 5.41) is 5.40. The van der Waals surface area contributed by atoms with Crippen LogP contribution in [0.4, 0.5) is 18.0 Å². The second-order valence-electron chi connectivity index (χ2n) is 6.24. The molecule has 0 aliphatic heterocycles. The second-order valence-corrected chi connectivity index (χ2v) is 7.84. The number of amides is 2. The summed E-state index contributed by atoms with van der Waals surface area (Å²) in [6.45, 7) is 2.45. The lowest BCUT2D eigenvalue weighted by atomic mass is 9.97. The molecule has 0 saturated carbocycles. The van der Waals surface area contributed by atoms with E-state index in [-0.39, 0.29) is 33.2 Å². The van der Waals surface area contributed by atoms with Crippen molar-refractivity contribution in [2.24, 2.45) is 0 Å². The van der Waals surface area contributed by atoms with E-state index >= 15 is 0 Å². The molecule has 0 saturated heterocycles. The third-order valence-corrected chi connectivity index (χ3v) is 5.60. The molecule has 0 aromatic heterocycles. The maximum Gasteiger partial charge on any atom is 0.399 e. The maximum atomic E-state index is 13.6. The van der Waals surface area contributed by atoms with E-state index in [1.54, 1.807) is 19.1 Å². The molecular weight excluding hydrogens is 483 g/mol. The van der Waals surface area contributed by atoms with Crippen molar-refractivity contribution in [2.75, 3.05) is 6.54 Å². The predicted octanol–water partition coefficient (Wildman–Crippen LogP) is 7.48. The number of benzene rings is 2. The van der Waals surface area contributed by atoms with E-state index in [0.29, 0.717) is 22.7 Å². The summed E-state index contributed by atoms with van der Waals surface area (Å²) in [7, 11) is 0. The summed E-state index contributed by atoms with van der Waals surface area (Å²) in [4.78, 5) is 11.5. The fourth-order valence-electron chi connectivity index (χ4n) is 2.58. The van der Waals surface area contributed by atoms with Gasteiger partial charge in [0.05, 0.1) is 21.0 Å². The molecule has 1 unspecified atom stereocenters. The molecule has 10 heteroatoms. The monoisotopic (exact) mass is 498 g/mol. The summed E-state index contributed by atoms with van der Waals surface area (Å²) in [5.74, 6) is -1.94. The lowest BCUT2D eigenvalue weighted by Crippen LogP contribution is -2.34. The first-order valence-electron chi connectivity index (χ1n) is 8.72. The fraction of sp³-hybridized carbons (Fsp3) is 0.250. The minimum Gasteiger partial charge on any atom is -0.338 e. The maximum absolute atomic E-state index is 13.6. The van der Waals surface area contributed by atoms with Gasteiger partial charge in [-0.05, 0) is 41.8 Å². The van der Waals surface area contributed by atoms with E-state index in [0.717, 1.165) is 18.2 Å². The van der Waals surface area contributed by atoms with E-state index in [9.17, 15) is 18.0 Å². The molecule has 2 amide bonds. The van der Waals surface area contributed by atoms with E-state index in [4.69, 9.17) is 46.4 Å². The van der Waals surface area contributed by atoms with Crippen molar-refractivity contribution in [3.8, 4) is 0 Å². The average molecular weight is 500 g/mol. The van der Waals surface area contributed by atoms with Gasteiger partial charge in [-0.3, -0.25) is 0 Å². The molecule has 0 spiro atoms.